The monoisotopic (exact) mass is 475 g/mol. The van der Waals surface area contributed by atoms with Crippen LogP contribution in [0.2, 0.25) is 10.0 Å². The zero-order valence-electron chi connectivity index (χ0n) is 17.5. The average Bonchev–Trinajstić information content (AvgIpc) is 2.71. The number of nitrogens with one attached hydrogen (secondary N) is 2. The van der Waals surface area contributed by atoms with Gasteiger partial charge in [-0.1, -0.05) is 23.2 Å². The number of hydrogen-bond acceptors (Lipinski definition) is 6. The molecule has 168 valence electrons. The summed E-state index contributed by atoms with van der Waals surface area (Å²) in [6.45, 7) is 3.60. The molecule has 0 amide bonds. The van der Waals surface area contributed by atoms with Crippen molar-refractivity contribution in [1.29, 1.82) is 0 Å². The normalized spacial score (nSPS) is 17.8. The van der Waals surface area contributed by atoms with Gasteiger partial charge in [0.1, 0.15) is 10.8 Å². The van der Waals surface area contributed by atoms with Gasteiger partial charge >= 0.3 is 0 Å². The Labute approximate surface area is 194 Å². The van der Waals surface area contributed by atoms with Crippen LogP contribution in [0.3, 0.4) is 0 Å². The van der Waals surface area contributed by atoms with Gasteiger partial charge in [0.2, 0.25) is 0 Å². The maximum atomic E-state index is 12.5. The largest absolute Gasteiger partial charge is 0.490 e. The molecule has 1 aliphatic carbocycles. The first kappa shape index (κ1) is 21.3. The van der Waals surface area contributed by atoms with Gasteiger partial charge in [0.05, 0.1) is 28.4 Å². The number of hydrogen-bond donors (Lipinski definition) is 2. The molecule has 1 saturated heterocycles. The lowest BCUT2D eigenvalue weighted by molar-refractivity contribution is -0.117. The Morgan fingerprint density at radius 3 is 2.81 bits per heavy atom. The van der Waals surface area contributed by atoms with E-state index in [2.05, 4.69) is 20.4 Å². The lowest BCUT2D eigenvalue weighted by Crippen LogP contribution is -2.65. The van der Waals surface area contributed by atoms with Crippen LogP contribution in [0.15, 0.2) is 40.2 Å². The van der Waals surface area contributed by atoms with E-state index in [1.165, 1.54) is 10.8 Å². The molecule has 0 bridgehead atoms. The van der Waals surface area contributed by atoms with E-state index in [4.69, 9.17) is 27.9 Å². The summed E-state index contributed by atoms with van der Waals surface area (Å²) in [5.74, 6) is 0.714. The molecule has 5 rings (SSSR count). The summed E-state index contributed by atoms with van der Waals surface area (Å²) in [6.07, 6.45) is 5.39. The average molecular weight is 476 g/mol. The first-order valence-corrected chi connectivity index (χ1v) is 11.2. The molecule has 3 heterocycles. The fourth-order valence-corrected chi connectivity index (χ4v) is 5.24. The maximum Gasteiger partial charge on any atom is 0.285 e. The van der Waals surface area contributed by atoms with Crippen molar-refractivity contribution in [2.24, 2.45) is 12.5 Å². The van der Waals surface area contributed by atoms with Gasteiger partial charge in [0.15, 0.2) is 0 Å². The SMILES string of the molecule is Cn1ccc2c(OC3CC4(C3)CN(CCNc3cn[nH]c(=O)c3Cl)C4)ccc(Cl)c2c1=O. The van der Waals surface area contributed by atoms with E-state index in [1.54, 1.807) is 19.3 Å². The Morgan fingerprint density at radius 2 is 2.03 bits per heavy atom. The molecule has 1 saturated carbocycles. The molecule has 3 aromatic rings. The lowest BCUT2D eigenvalue weighted by Gasteiger charge is -2.58. The Hall–Kier alpha value is -2.55. The third kappa shape index (κ3) is 3.76. The van der Waals surface area contributed by atoms with Crippen molar-refractivity contribution in [3.8, 4) is 5.75 Å². The van der Waals surface area contributed by atoms with Gasteiger partial charge in [-0.25, -0.2) is 5.10 Å². The number of nitrogens with zero attached hydrogens (tertiary/aromatic N) is 3. The number of likely N-dealkylation sites (tertiary alicyclic amines) is 1. The summed E-state index contributed by atoms with van der Waals surface area (Å²) in [7, 11) is 1.71. The molecule has 8 nitrogen and oxygen atoms in total. The Morgan fingerprint density at radius 1 is 1.25 bits per heavy atom. The zero-order chi connectivity index (χ0) is 22.5. The van der Waals surface area contributed by atoms with Crippen molar-refractivity contribution in [1.82, 2.24) is 19.7 Å². The van der Waals surface area contributed by atoms with Crippen LogP contribution in [-0.4, -0.2) is 51.9 Å². The fraction of sp³-hybridized carbons (Fsp3) is 0.409. The van der Waals surface area contributed by atoms with E-state index in [9.17, 15) is 9.59 Å². The highest BCUT2D eigenvalue weighted by Gasteiger charge is 2.53. The van der Waals surface area contributed by atoms with Gasteiger partial charge in [0.25, 0.3) is 11.1 Å². The van der Waals surface area contributed by atoms with E-state index in [0.29, 0.717) is 33.8 Å². The van der Waals surface area contributed by atoms with Crippen LogP contribution < -0.4 is 21.2 Å². The molecule has 0 atom stereocenters. The molecule has 0 radical (unpaired) electrons. The first-order valence-electron chi connectivity index (χ1n) is 10.5. The lowest BCUT2D eigenvalue weighted by atomic mass is 9.62. The van der Waals surface area contributed by atoms with E-state index in [1.807, 2.05) is 12.1 Å². The maximum absolute atomic E-state index is 12.5. The number of halogens is 2. The Bertz CT molecular complexity index is 1290. The minimum atomic E-state index is -0.395. The molecular weight excluding hydrogens is 453 g/mol. The third-order valence-corrected chi connectivity index (χ3v) is 7.12. The number of aryl methyl sites for hydroxylation is 1. The number of H-pyrrole nitrogens is 1. The predicted octanol–water partition coefficient (Wildman–Crippen LogP) is 2.88. The van der Waals surface area contributed by atoms with Crippen LogP contribution in [0.4, 0.5) is 5.69 Å². The van der Waals surface area contributed by atoms with Crippen molar-refractivity contribution in [2.75, 3.05) is 31.5 Å². The van der Waals surface area contributed by atoms with Crippen LogP contribution in [0.5, 0.6) is 5.75 Å². The highest BCUT2D eigenvalue weighted by Crippen LogP contribution is 2.50. The number of anilines is 1. The topological polar surface area (TPSA) is 92.2 Å². The molecule has 32 heavy (non-hydrogen) atoms. The van der Waals surface area contributed by atoms with Crippen LogP contribution in [0, 0.1) is 5.41 Å². The van der Waals surface area contributed by atoms with Gasteiger partial charge in [0, 0.05) is 50.2 Å². The minimum absolute atomic E-state index is 0.122. The number of ether oxygens (including phenoxy) is 1. The smallest absolute Gasteiger partial charge is 0.285 e. The van der Waals surface area contributed by atoms with Crippen LogP contribution >= 0.6 is 23.2 Å². The molecule has 1 spiro atoms. The van der Waals surface area contributed by atoms with Gasteiger partial charge in [-0.3, -0.25) is 9.59 Å². The summed E-state index contributed by atoms with van der Waals surface area (Å²) < 4.78 is 7.77. The summed E-state index contributed by atoms with van der Waals surface area (Å²) in [5.41, 5.74) is 0.344. The third-order valence-electron chi connectivity index (χ3n) is 6.43. The molecule has 10 heteroatoms. The number of aromatic nitrogens is 3. The van der Waals surface area contributed by atoms with Crippen molar-refractivity contribution in [3.05, 3.63) is 61.3 Å². The number of fused-ring (bicyclic) bond motifs is 1. The second-order valence-electron chi connectivity index (χ2n) is 8.78. The minimum Gasteiger partial charge on any atom is -0.490 e. The fourth-order valence-electron chi connectivity index (χ4n) is 4.83. The summed E-state index contributed by atoms with van der Waals surface area (Å²) in [5, 5.41) is 11.1. The standard InChI is InChI=1S/C22H23Cl2N5O3/c1-28-6-4-14-17(3-2-15(23)18(14)21(28)31)32-13-8-22(9-13)11-29(12-22)7-5-25-16-10-26-27-20(30)19(16)24/h2-4,6,10,13H,5,7-9,11-12H2,1H3,(H2,25,27,30). The first-order chi connectivity index (χ1) is 15.3. The predicted molar refractivity (Wildman–Crippen MR) is 125 cm³/mol. The molecular formula is C22H23Cl2N5O3. The van der Waals surface area contributed by atoms with Gasteiger partial charge in [-0.05, 0) is 31.0 Å². The summed E-state index contributed by atoms with van der Waals surface area (Å²) in [6, 6.07) is 5.46. The summed E-state index contributed by atoms with van der Waals surface area (Å²) >= 11 is 12.3. The number of rotatable bonds is 6. The van der Waals surface area contributed by atoms with Crippen LogP contribution in [0.25, 0.3) is 10.8 Å². The number of aromatic amines is 1. The second-order valence-corrected chi connectivity index (χ2v) is 9.56. The number of pyridine rings is 1. The van der Waals surface area contributed by atoms with Crippen LogP contribution in [0.1, 0.15) is 12.8 Å². The molecule has 1 aromatic carbocycles. The van der Waals surface area contributed by atoms with Crippen molar-refractivity contribution < 1.29 is 4.74 Å². The van der Waals surface area contributed by atoms with Crippen molar-refractivity contribution >= 4 is 39.7 Å². The van der Waals surface area contributed by atoms with E-state index >= 15 is 0 Å². The van der Waals surface area contributed by atoms with Gasteiger partial charge in [-0.2, -0.15) is 5.10 Å². The number of benzene rings is 1. The highest BCUT2D eigenvalue weighted by atomic mass is 35.5. The van der Waals surface area contributed by atoms with Gasteiger partial charge < -0.3 is 19.5 Å². The Kier molecular flexibility index (Phi) is 5.39. The summed E-state index contributed by atoms with van der Waals surface area (Å²) in [4.78, 5) is 26.3. The zero-order valence-corrected chi connectivity index (χ0v) is 19.0. The van der Waals surface area contributed by atoms with E-state index in [0.717, 1.165) is 37.9 Å². The Balaban J connectivity index is 1.13. The van der Waals surface area contributed by atoms with Crippen molar-refractivity contribution in [2.45, 2.75) is 18.9 Å². The van der Waals surface area contributed by atoms with Crippen molar-refractivity contribution in [3.63, 3.8) is 0 Å². The molecule has 1 aliphatic heterocycles. The van der Waals surface area contributed by atoms with Gasteiger partial charge in [-0.15, -0.1) is 0 Å². The highest BCUT2D eigenvalue weighted by molar-refractivity contribution is 6.35. The quantitative estimate of drug-likeness (QED) is 0.569. The molecule has 0 unspecified atom stereocenters. The van der Waals surface area contributed by atoms with E-state index < -0.39 is 5.56 Å². The second kappa shape index (κ2) is 8.10. The molecule has 2 N–H and O–H groups in total. The van der Waals surface area contributed by atoms with E-state index in [-0.39, 0.29) is 16.7 Å². The molecule has 2 fully saturated rings. The molecule has 2 aliphatic rings. The molecule has 2 aromatic heterocycles. The van der Waals surface area contributed by atoms with Crippen LogP contribution in [-0.2, 0) is 7.05 Å².